The molecule has 0 radical (unpaired) electrons. The standard InChI is InChI=1S/C23H38O4/c1-5-15(4)22(25)26-14-21(24)27-23(13-16(6-2)7-3)19-9-17-8-18(11-19)12-20(23)10-17/h15-20H,5-14H2,1-4H3. The summed E-state index contributed by atoms with van der Waals surface area (Å²) in [6, 6.07) is 0. The van der Waals surface area contributed by atoms with Crippen LogP contribution in [0.25, 0.3) is 0 Å². The van der Waals surface area contributed by atoms with Crippen LogP contribution >= 0.6 is 0 Å². The Balaban J connectivity index is 1.71. The van der Waals surface area contributed by atoms with Crippen molar-refractivity contribution in [2.24, 2.45) is 35.5 Å². The van der Waals surface area contributed by atoms with E-state index in [9.17, 15) is 9.59 Å². The largest absolute Gasteiger partial charge is 0.456 e. The van der Waals surface area contributed by atoms with E-state index in [-0.39, 0.29) is 30.1 Å². The van der Waals surface area contributed by atoms with E-state index in [1.807, 2.05) is 13.8 Å². The number of hydrogen-bond acceptors (Lipinski definition) is 4. The summed E-state index contributed by atoms with van der Waals surface area (Å²) in [6.45, 7) is 8.03. The van der Waals surface area contributed by atoms with Crippen LogP contribution in [0.4, 0.5) is 0 Å². The van der Waals surface area contributed by atoms with Crippen LogP contribution in [0.2, 0.25) is 0 Å². The molecule has 4 rings (SSSR count). The molecular formula is C23H38O4. The summed E-state index contributed by atoms with van der Waals surface area (Å²) in [5.41, 5.74) is -0.316. The van der Waals surface area contributed by atoms with E-state index in [0.29, 0.717) is 17.8 Å². The van der Waals surface area contributed by atoms with E-state index in [1.54, 1.807) is 0 Å². The van der Waals surface area contributed by atoms with Crippen molar-refractivity contribution in [3.63, 3.8) is 0 Å². The maximum absolute atomic E-state index is 12.7. The third-order valence-electron chi connectivity index (χ3n) is 7.93. The smallest absolute Gasteiger partial charge is 0.344 e. The normalized spacial score (nSPS) is 35.3. The summed E-state index contributed by atoms with van der Waals surface area (Å²) < 4.78 is 11.5. The second kappa shape index (κ2) is 8.53. The maximum Gasteiger partial charge on any atom is 0.344 e. The molecule has 154 valence electrons. The van der Waals surface area contributed by atoms with Gasteiger partial charge in [-0.05, 0) is 74.5 Å². The zero-order chi connectivity index (χ0) is 19.6. The first kappa shape index (κ1) is 20.7. The van der Waals surface area contributed by atoms with Crippen molar-refractivity contribution in [1.29, 1.82) is 0 Å². The van der Waals surface area contributed by atoms with Gasteiger partial charge in [-0.1, -0.05) is 40.5 Å². The highest BCUT2D eigenvalue weighted by atomic mass is 16.6. The number of esters is 2. The lowest BCUT2D eigenvalue weighted by Gasteiger charge is -2.61. The Kier molecular flexibility index (Phi) is 6.53. The highest BCUT2D eigenvalue weighted by molar-refractivity contribution is 5.77. The van der Waals surface area contributed by atoms with E-state index in [2.05, 4.69) is 13.8 Å². The average Bonchev–Trinajstić information content (AvgIpc) is 2.66. The van der Waals surface area contributed by atoms with Crippen LogP contribution in [0.3, 0.4) is 0 Å². The van der Waals surface area contributed by atoms with Crippen LogP contribution in [0, 0.1) is 35.5 Å². The first-order valence-corrected chi connectivity index (χ1v) is 11.3. The number of carbonyl (C=O) groups excluding carboxylic acids is 2. The zero-order valence-electron chi connectivity index (χ0n) is 17.7. The van der Waals surface area contributed by atoms with Gasteiger partial charge in [-0.25, -0.2) is 4.79 Å². The maximum atomic E-state index is 12.7. The molecule has 4 bridgehead atoms. The van der Waals surface area contributed by atoms with Crippen molar-refractivity contribution < 1.29 is 19.1 Å². The second-order valence-electron chi connectivity index (χ2n) is 9.54. The van der Waals surface area contributed by atoms with Crippen LogP contribution < -0.4 is 0 Å². The Morgan fingerprint density at radius 1 is 0.926 bits per heavy atom. The summed E-state index contributed by atoms with van der Waals surface area (Å²) in [7, 11) is 0. The fourth-order valence-electron chi connectivity index (χ4n) is 6.23. The summed E-state index contributed by atoms with van der Waals surface area (Å²) in [4.78, 5) is 24.7. The predicted octanol–water partition coefficient (Wildman–Crippen LogP) is 5.14. The first-order valence-electron chi connectivity index (χ1n) is 11.3. The second-order valence-corrected chi connectivity index (χ2v) is 9.54. The molecule has 4 aliphatic carbocycles. The van der Waals surface area contributed by atoms with E-state index in [1.165, 1.54) is 32.1 Å². The number of hydrogen-bond donors (Lipinski definition) is 0. The van der Waals surface area contributed by atoms with E-state index in [0.717, 1.165) is 37.5 Å². The molecule has 0 amide bonds. The van der Waals surface area contributed by atoms with Crippen molar-refractivity contribution in [2.75, 3.05) is 6.61 Å². The van der Waals surface area contributed by atoms with Gasteiger partial charge in [0.1, 0.15) is 5.60 Å². The van der Waals surface area contributed by atoms with Gasteiger partial charge in [0.15, 0.2) is 6.61 Å². The molecule has 1 unspecified atom stereocenters. The highest BCUT2D eigenvalue weighted by Gasteiger charge is 2.59. The topological polar surface area (TPSA) is 52.6 Å². The van der Waals surface area contributed by atoms with Crippen molar-refractivity contribution in [3.05, 3.63) is 0 Å². The number of ether oxygens (including phenoxy) is 2. The molecule has 0 saturated heterocycles. The Morgan fingerprint density at radius 3 is 1.96 bits per heavy atom. The minimum atomic E-state index is -0.343. The molecule has 1 atom stereocenters. The average molecular weight is 379 g/mol. The molecule has 0 aromatic carbocycles. The van der Waals surface area contributed by atoms with Crippen LogP contribution in [-0.4, -0.2) is 24.1 Å². The van der Waals surface area contributed by atoms with Gasteiger partial charge in [0.2, 0.25) is 0 Å². The van der Waals surface area contributed by atoms with Gasteiger partial charge in [0.05, 0.1) is 5.92 Å². The molecule has 0 aromatic heterocycles. The third-order valence-corrected chi connectivity index (χ3v) is 7.93. The molecule has 0 N–H and O–H groups in total. The lowest BCUT2D eigenvalue weighted by atomic mass is 9.48. The molecule has 0 heterocycles. The molecule has 27 heavy (non-hydrogen) atoms. The summed E-state index contributed by atoms with van der Waals surface area (Å²) in [5, 5.41) is 0. The fraction of sp³-hybridized carbons (Fsp3) is 0.913. The quantitative estimate of drug-likeness (QED) is 0.521. The van der Waals surface area contributed by atoms with E-state index in [4.69, 9.17) is 9.47 Å². The predicted molar refractivity (Wildman–Crippen MR) is 105 cm³/mol. The summed E-state index contributed by atoms with van der Waals surface area (Å²) >= 11 is 0. The van der Waals surface area contributed by atoms with Crippen molar-refractivity contribution >= 4 is 11.9 Å². The lowest BCUT2D eigenvalue weighted by molar-refractivity contribution is -0.219. The Hall–Kier alpha value is -1.06. The SMILES string of the molecule is CCC(CC)CC1(OC(=O)COC(=O)C(C)CC)C2CC3CC(C2)CC1C3. The summed E-state index contributed by atoms with van der Waals surface area (Å²) in [5.74, 6) is 2.47. The molecule has 0 spiro atoms. The molecule has 0 aliphatic heterocycles. The fourth-order valence-corrected chi connectivity index (χ4v) is 6.23. The molecule has 4 nitrogen and oxygen atoms in total. The van der Waals surface area contributed by atoms with Gasteiger partial charge in [-0.15, -0.1) is 0 Å². The van der Waals surface area contributed by atoms with Gasteiger partial charge in [0.25, 0.3) is 0 Å². The highest BCUT2D eigenvalue weighted by Crippen LogP contribution is 2.61. The van der Waals surface area contributed by atoms with E-state index < -0.39 is 0 Å². The minimum absolute atomic E-state index is 0.169. The van der Waals surface area contributed by atoms with Crippen LogP contribution in [0.1, 0.15) is 85.5 Å². The van der Waals surface area contributed by atoms with Gasteiger partial charge in [-0.3, -0.25) is 4.79 Å². The summed E-state index contributed by atoms with van der Waals surface area (Å²) in [6.07, 6.45) is 10.2. The lowest BCUT2D eigenvalue weighted by Crippen LogP contribution is -2.60. The first-order chi connectivity index (χ1) is 12.9. The van der Waals surface area contributed by atoms with Gasteiger partial charge < -0.3 is 9.47 Å². The third kappa shape index (κ3) is 4.19. The Labute approximate surface area is 164 Å². The van der Waals surface area contributed by atoms with Crippen LogP contribution in [0.15, 0.2) is 0 Å². The molecule has 4 fully saturated rings. The molecule has 4 heteroatoms. The van der Waals surface area contributed by atoms with Crippen molar-refractivity contribution in [1.82, 2.24) is 0 Å². The Bertz CT molecular complexity index is 508. The number of carbonyl (C=O) groups is 2. The molecular weight excluding hydrogens is 340 g/mol. The van der Waals surface area contributed by atoms with Crippen molar-refractivity contribution in [3.8, 4) is 0 Å². The van der Waals surface area contributed by atoms with Crippen molar-refractivity contribution in [2.45, 2.75) is 91.1 Å². The number of rotatable bonds is 9. The Morgan fingerprint density at radius 2 is 1.48 bits per heavy atom. The van der Waals surface area contributed by atoms with Crippen LogP contribution in [0.5, 0.6) is 0 Å². The van der Waals surface area contributed by atoms with E-state index >= 15 is 0 Å². The van der Waals surface area contributed by atoms with Gasteiger partial charge in [-0.2, -0.15) is 0 Å². The van der Waals surface area contributed by atoms with Crippen LogP contribution in [-0.2, 0) is 19.1 Å². The van der Waals surface area contributed by atoms with Gasteiger partial charge >= 0.3 is 11.9 Å². The molecule has 0 aromatic rings. The molecule has 4 aliphatic rings. The minimum Gasteiger partial charge on any atom is -0.456 e. The van der Waals surface area contributed by atoms with Gasteiger partial charge in [0, 0.05) is 0 Å². The molecule has 4 saturated carbocycles. The zero-order valence-corrected chi connectivity index (χ0v) is 17.7. The monoisotopic (exact) mass is 378 g/mol.